The highest BCUT2D eigenvalue weighted by Crippen LogP contribution is 2.39. The number of carboxylic acids is 1. The predicted molar refractivity (Wildman–Crippen MR) is 75.2 cm³/mol. The molecule has 2 rings (SSSR count). The largest absolute Gasteiger partial charge is 0.481 e. The number of carbonyl (C=O) groups is 1. The van der Waals surface area contributed by atoms with E-state index in [2.05, 4.69) is 4.72 Å². The zero-order valence-electron chi connectivity index (χ0n) is 11.0. The predicted octanol–water partition coefficient (Wildman–Crippen LogP) is 2.26. The Morgan fingerprint density at radius 2 is 2.10 bits per heavy atom. The maximum Gasteiger partial charge on any atom is 0.310 e. The summed E-state index contributed by atoms with van der Waals surface area (Å²) in [5, 5.41) is 9.42. The monoisotopic (exact) mass is 317 g/mol. The van der Waals surface area contributed by atoms with E-state index in [-0.39, 0.29) is 9.92 Å². The number of nitrogens with one attached hydrogen (secondary N) is 1. The number of rotatable bonds is 4. The molecule has 1 aliphatic rings. The minimum Gasteiger partial charge on any atom is -0.481 e. The van der Waals surface area contributed by atoms with Crippen molar-refractivity contribution in [3.63, 3.8) is 0 Å². The molecular formula is C13H16ClNO4S. The van der Waals surface area contributed by atoms with Gasteiger partial charge in [-0.15, -0.1) is 0 Å². The van der Waals surface area contributed by atoms with E-state index in [1.165, 1.54) is 12.1 Å². The fraction of sp³-hybridized carbons (Fsp3) is 0.462. The van der Waals surface area contributed by atoms with Crippen molar-refractivity contribution in [3.8, 4) is 0 Å². The molecule has 0 heterocycles. The van der Waals surface area contributed by atoms with Crippen molar-refractivity contribution >= 4 is 27.6 Å². The third-order valence-electron chi connectivity index (χ3n) is 3.87. The lowest BCUT2D eigenvalue weighted by atomic mass is 9.85. The highest BCUT2D eigenvalue weighted by Gasteiger charge is 2.47. The quantitative estimate of drug-likeness (QED) is 0.892. The van der Waals surface area contributed by atoms with Crippen LogP contribution in [0.2, 0.25) is 5.02 Å². The third kappa shape index (κ3) is 2.68. The van der Waals surface area contributed by atoms with Crippen LogP contribution in [0.25, 0.3) is 0 Å². The number of benzene rings is 1. The average Bonchev–Trinajstić information content (AvgIpc) is 2.72. The van der Waals surface area contributed by atoms with Crippen LogP contribution in [0, 0.1) is 5.41 Å². The fourth-order valence-electron chi connectivity index (χ4n) is 2.52. The fourth-order valence-corrected chi connectivity index (χ4v) is 4.43. The molecule has 0 bridgehead atoms. The molecule has 1 aromatic rings. The van der Waals surface area contributed by atoms with Crippen LogP contribution in [-0.2, 0) is 14.8 Å². The smallest absolute Gasteiger partial charge is 0.310 e. The third-order valence-corrected chi connectivity index (χ3v) is 5.84. The molecule has 1 aliphatic carbocycles. The van der Waals surface area contributed by atoms with Gasteiger partial charge in [0.05, 0.1) is 10.4 Å². The van der Waals surface area contributed by atoms with Crippen LogP contribution >= 0.6 is 11.6 Å². The first kappa shape index (κ1) is 15.3. The van der Waals surface area contributed by atoms with E-state index in [0.29, 0.717) is 19.3 Å². The number of hydrogen-bond acceptors (Lipinski definition) is 3. The Kier molecular flexibility index (Phi) is 4.09. The Bertz CT molecular complexity index is 631. The summed E-state index contributed by atoms with van der Waals surface area (Å²) in [5.41, 5.74) is -1.08. The Balaban J connectivity index is 2.30. The molecule has 0 saturated heterocycles. The molecule has 20 heavy (non-hydrogen) atoms. The summed E-state index contributed by atoms with van der Waals surface area (Å²) in [6.07, 6.45) is 1.64. The number of carboxylic acid groups (broad SMARTS) is 1. The van der Waals surface area contributed by atoms with Gasteiger partial charge in [0.1, 0.15) is 4.90 Å². The van der Waals surface area contributed by atoms with Gasteiger partial charge >= 0.3 is 5.97 Å². The summed E-state index contributed by atoms with van der Waals surface area (Å²) in [6.45, 7) is 1.57. The topological polar surface area (TPSA) is 83.5 Å². The highest BCUT2D eigenvalue weighted by molar-refractivity contribution is 7.89. The van der Waals surface area contributed by atoms with Crippen LogP contribution in [0.3, 0.4) is 0 Å². The zero-order valence-corrected chi connectivity index (χ0v) is 12.5. The molecule has 7 heteroatoms. The van der Waals surface area contributed by atoms with E-state index < -0.39 is 27.4 Å². The standard InChI is InChI=1S/C13H16ClNO4S/c1-13(12(16)17)8-4-7-11(13)15-20(18,19)10-6-3-2-5-9(10)14/h2-3,5-6,11,15H,4,7-8H2,1H3,(H,16,17). The van der Waals surface area contributed by atoms with Crippen LogP contribution in [0.1, 0.15) is 26.2 Å². The van der Waals surface area contributed by atoms with Gasteiger partial charge < -0.3 is 5.11 Å². The molecule has 0 spiro atoms. The first-order valence-corrected chi connectivity index (χ1v) is 8.14. The number of hydrogen-bond donors (Lipinski definition) is 2. The molecule has 0 amide bonds. The molecule has 1 fully saturated rings. The normalized spacial score (nSPS) is 26.6. The summed E-state index contributed by atoms with van der Waals surface area (Å²) >= 11 is 5.89. The Hall–Kier alpha value is -1.11. The van der Waals surface area contributed by atoms with Crippen LogP contribution in [0.15, 0.2) is 29.2 Å². The summed E-state index contributed by atoms with van der Waals surface area (Å²) in [6, 6.07) is 5.48. The highest BCUT2D eigenvalue weighted by atomic mass is 35.5. The molecular weight excluding hydrogens is 302 g/mol. The van der Waals surface area contributed by atoms with E-state index in [0.717, 1.165) is 0 Å². The molecule has 0 radical (unpaired) electrons. The van der Waals surface area contributed by atoms with Crippen molar-refractivity contribution in [2.24, 2.45) is 5.41 Å². The molecule has 0 aromatic heterocycles. The minimum atomic E-state index is -3.82. The van der Waals surface area contributed by atoms with Crippen LogP contribution in [0.5, 0.6) is 0 Å². The summed E-state index contributed by atoms with van der Waals surface area (Å²) < 4.78 is 27.2. The molecule has 0 aliphatic heterocycles. The maximum absolute atomic E-state index is 12.3. The number of halogens is 1. The van der Waals surface area contributed by atoms with Gasteiger partial charge in [-0.2, -0.15) is 0 Å². The van der Waals surface area contributed by atoms with Gasteiger partial charge in [0.25, 0.3) is 0 Å². The van der Waals surface area contributed by atoms with E-state index in [1.807, 2.05) is 0 Å². The summed E-state index contributed by atoms with van der Waals surface area (Å²) in [7, 11) is -3.82. The summed E-state index contributed by atoms with van der Waals surface area (Å²) in [4.78, 5) is 11.3. The molecule has 5 nitrogen and oxygen atoms in total. The number of aliphatic carboxylic acids is 1. The second-order valence-electron chi connectivity index (χ2n) is 5.22. The van der Waals surface area contributed by atoms with Gasteiger partial charge in [-0.3, -0.25) is 4.79 Å². The van der Waals surface area contributed by atoms with Crippen LogP contribution in [-0.4, -0.2) is 25.5 Å². The van der Waals surface area contributed by atoms with E-state index in [4.69, 9.17) is 11.6 Å². The molecule has 2 N–H and O–H groups in total. The second kappa shape index (κ2) is 5.35. The molecule has 110 valence electrons. The Morgan fingerprint density at radius 3 is 2.70 bits per heavy atom. The molecule has 2 unspecified atom stereocenters. The SMILES string of the molecule is CC1(C(=O)O)CCCC1NS(=O)(=O)c1ccccc1Cl. The lowest BCUT2D eigenvalue weighted by Gasteiger charge is -2.27. The molecule has 1 aromatic carbocycles. The lowest BCUT2D eigenvalue weighted by Crippen LogP contribution is -2.46. The van der Waals surface area contributed by atoms with Gasteiger partial charge in [0.15, 0.2) is 0 Å². The minimum absolute atomic E-state index is 0.0266. The maximum atomic E-state index is 12.3. The Morgan fingerprint density at radius 1 is 1.45 bits per heavy atom. The molecule has 2 atom stereocenters. The van der Waals surface area contributed by atoms with Crippen molar-refractivity contribution in [1.29, 1.82) is 0 Å². The van der Waals surface area contributed by atoms with Gasteiger partial charge in [0.2, 0.25) is 10.0 Å². The van der Waals surface area contributed by atoms with Crippen molar-refractivity contribution in [1.82, 2.24) is 4.72 Å². The van der Waals surface area contributed by atoms with Crippen molar-refractivity contribution in [3.05, 3.63) is 29.3 Å². The first-order valence-electron chi connectivity index (χ1n) is 6.27. The van der Waals surface area contributed by atoms with Crippen molar-refractivity contribution in [2.45, 2.75) is 37.1 Å². The van der Waals surface area contributed by atoms with E-state index in [9.17, 15) is 18.3 Å². The molecule has 1 saturated carbocycles. The number of sulfonamides is 1. The van der Waals surface area contributed by atoms with Gasteiger partial charge in [-0.25, -0.2) is 13.1 Å². The first-order chi connectivity index (χ1) is 9.27. The van der Waals surface area contributed by atoms with E-state index >= 15 is 0 Å². The lowest BCUT2D eigenvalue weighted by molar-refractivity contribution is -0.148. The van der Waals surface area contributed by atoms with Gasteiger partial charge in [-0.1, -0.05) is 30.2 Å². The zero-order chi connectivity index (χ0) is 15.0. The van der Waals surface area contributed by atoms with Crippen LogP contribution < -0.4 is 4.72 Å². The van der Waals surface area contributed by atoms with Crippen molar-refractivity contribution in [2.75, 3.05) is 0 Å². The Labute approximate surface area is 123 Å². The van der Waals surface area contributed by atoms with Gasteiger partial charge in [-0.05, 0) is 31.9 Å². The average molecular weight is 318 g/mol. The van der Waals surface area contributed by atoms with Crippen LogP contribution in [0.4, 0.5) is 0 Å². The second-order valence-corrected chi connectivity index (χ2v) is 7.31. The van der Waals surface area contributed by atoms with Crippen molar-refractivity contribution < 1.29 is 18.3 Å². The van der Waals surface area contributed by atoms with E-state index in [1.54, 1.807) is 19.1 Å². The van der Waals surface area contributed by atoms with Gasteiger partial charge in [0, 0.05) is 6.04 Å². The summed E-state index contributed by atoms with van der Waals surface area (Å²) in [5.74, 6) is -0.984.